The van der Waals surface area contributed by atoms with Crippen LogP contribution in [-0.2, 0) is 0 Å². The van der Waals surface area contributed by atoms with Crippen LogP contribution in [0, 0.1) is 0 Å². The van der Waals surface area contributed by atoms with Crippen molar-refractivity contribution in [1.82, 2.24) is 0 Å². The summed E-state index contributed by atoms with van der Waals surface area (Å²) in [6, 6.07) is 1.05. The van der Waals surface area contributed by atoms with Gasteiger partial charge in [0.2, 0.25) is 0 Å². The third-order valence-corrected chi connectivity index (χ3v) is 2.15. The van der Waals surface area contributed by atoms with E-state index in [9.17, 15) is 9.59 Å². The van der Waals surface area contributed by atoms with Crippen LogP contribution in [0.5, 0.6) is 0 Å². The number of rotatable bonds is 2. The van der Waals surface area contributed by atoms with E-state index >= 15 is 0 Å². The Kier molecular flexibility index (Phi) is 2.01. The van der Waals surface area contributed by atoms with Crippen LogP contribution in [0.15, 0.2) is 6.07 Å². The van der Waals surface area contributed by atoms with Crippen molar-refractivity contribution in [3.63, 3.8) is 0 Å². The van der Waals surface area contributed by atoms with Gasteiger partial charge in [-0.1, -0.05) is 0 Å². The van der Waals surface area contributed by atoms with Crippen LogP contribution in [0.4, 0.5) is 5.00 Å². The van der Waals surface area contributed by atoms with Crippen LogP contribution < -0.4 is 5.73 Å². The lowest BCUT2D eigenvalue weighted by Gasteiger charge is -1.86. The molecule has 0 aliphatic carbocycles. The highest BCUT2D eigenvalue weighted by atomic mass is 32.1. The zero-order valence-corrected chi connectivity index (χ0v) is 6.59. The number of carboxylic acids is 2. The number of anilines is 1. The SMILES string of the molecule is Nc1sc(C(=O)O)cc1C(=O)O. The normalized spacial score (nSPS) is 9.67. The van der Waals surface area contributed by atoms with Crippen molar-refractivity contribution >= 4 is 28.3 Å². The van der Waals surface area contributed by atoms with E-state index in [2.05, 4.69) is 0 Å². The number of carboxylic acid groups (broad SMARTS) is 2. The molecule has 0 bridgehead atoms. The van der Waals surface area contributed by atoms with Gasteiger partial charge in [-0.15, -0.1) is 11.3 Å². The third-order valence-electron chi connectivity index (χ3n) is 1.20. The van der Waals surface area contributed by atoms with Gasteiger partial charge >= 0.3 is 11.9 Å². The number of carbonyl (C=O) groups is 2. The van der Waals surface area contributed by atoms with E-state index in [0.29, 0.717) is 0 Å². The Morgan fingerprint density at radius 1 is 1.33 bits per heavy atom. The molecule has 0 saturated heterocycles. The second-order valence-corrected chi connectivity index (χ2v) is 3.08. The molecular formula is C6H5NO4S. The Labute approximate surface area is 71.1 Å². The summed E-state index contributed by atoms with van der Waals surface area (Å²) < 4.78 is 0. The van der Waals surface area contributed by atoms with Gasteiger partial charge in [-0.25, -0.2) is 9.59 Å². The van der Waals surface area contributed by atoms with Gasteiger partial charge in [0.15, 0.2) is 0 Å². The van der Waals surface area contributed by atoms with E-state index < -0.39 is 11.9 Å². The molecule has 0 saturated carbocycles. The summed E-state index contributed by atoms with van der Waals surface area (Å²) in [5.41, 5.74) is 5.10. The molecule has 0 unspecified atom stereocenters. The minimum atomic E-state index is -1.21. The lowest BCUT2D eigenvalue weighted by atomic mass is 10.3. The standard InChI is InChI=1S/C6H5NO4S/c7-4-2(5(8)9)1-3(12-4)6(10)11/h1H,7H2,(H,8,9)(H,10,11). The quantitative estimate of drug-likeness (QED) is 0.633. The molecule has 1 heterocycles. The van der Waals surface area contributed by atoms with Gasteiger partial charge in [0.05, 0.1) is 5.56 Å². The van der Waals surface area contributed by atoms with Crippen molar-refractivity contribution in [1.29, 1.82) is 0 Å². The summed E-state index contributed by atoms with van der Waals surface area (Å²) in [6.07, 6.45) is 0. The summed E-state index contributed by atoms with van der Waals surface area (Å²) >= 11 is 0.748. The maximum absolute atomic E-state index is 10.4. The van der Waals surface area contributed by atoms with Crippen LogP contribution in [0.1, 0.15) is 20.0 Å². The van der Waals surface area contributed by atoms with Crippen LogP contribution >= 0.6 is 11.3 Å². The van der Waals surface area contributed by atoms with E-state index in [1.165, 1.54) is 0 Å². The summed E-state index contributed by atoms with van der Waals surface area (Å²) in [6.45, 7) is 0. The number of nitrogens with two attached hydrogens (primary N) is 1. The molecule has 0 fully saturated rings. The Morgan fingerprint density at radius 2 is 1.92 bits per heavy atom. The number of aromatic carboxylic acids is 2. The fourth-order valence-corrected chi connectivity index (χ4v) is 1.43. The predicted octanol–water partition coefficient (Wildman–Crippen LogP) is 0.727. The van der Waals surface area contributed by atoms with E-state index in [1.54, 1.807) is 0 Å². The number of hydrogen-bond donors (Lipinski definition) is 3. The van der Waals surface area contributed by atoms with E-state index in [4.69, 9.17) is 15.9 Å². The largest absolute Gasteiger partial charge is 0.478 e. The van der Waals surface area contributed by atoms with Gasteiger partial charge in [-0.2, -0.15) is 0 Å². The Bertz CT molecular complexity index is 343. The van der Waals surface area contributed by atoms with E-state index in [-0.39, 0.29) is 15.4 Å². The number of nitrogen functional groups attached to an aromatic ring is 1. The first-order valence-corrected chi connectivity index (χ1v) is 3.70. The molecular weight excluding hydrogens is 182 g/mol. The summed E-state index contributed by atoms with van der Waals surface area (Å²) in [4.78, 5) is 20.7. The monoisotopic (exact) mass is 187 g/mol. The molecule has 1 aromatic rings. The number of thiophene rings is 1. The van der Waals surface area contributed by atoms with Crippen molar-refractivity contribution in [2.24, 2.45) is 0 Å². The van der Waals surface area contributed by atoms with Crippen molar-refractivity contribution in [2.45, 2.75) is 0 Å². The van der Waals surface area contributed by atoms with Gasteiger partial charge < -0.3 is 15.9 Å². The molecule has 0 spiro atoms. The maximum atomic E-state index is 10.4. The molecule has 5 nitrogen and oxygen atoms in total. The summed E-state index contributed by atoms with van der Waals surface area (Å²) in [7, 11) is 0. The average molecular weight is 187 g/mol. The van der Waals surface area contributed by atoms with Crippen LogP contribution in [0.25, 0.3) is 0 Å². The zero-order chi connectivity index (χ0) is 9.30. The number of hydrogen-bond acceptors (Lipinski definition) is 4. The smallest absolute Gasteiger partial charge is 0.345 e. The molecule has 0 aromatic carbocycles. The molecule has 6 heteroatoms. The third kappa shape index (κ3) is 1.37. The first-order valence-electron chi connectivity index (χ1n) is 2.88. The predicted molar refractivity (Wildman–Crippen MR) is 42.6 cm³/mol. The second-order valence-electron chi connectivity index (χ2n) is 2.00. The summed E-state index contributed by atoms with van der Waals surface area (Å²) in [5, 5.41) is 17.0. The van der Waals surface area contributed by atoms with Gasteiger partial charge in [0, 0.05) is 0 Å². The van der Waals surface area contributed by atoms with E-state index in [0.717, 1.165) is 17.4 Å². The highest BCUT2D eigenvalue weighted by molar-refractivity contribution is 7.18. The first-order chi connectivity index (χ1) is 5.52. The Hall–Kier alpha value is -1.56. The fraction of sp³-hybridized carbons (Fsp3) is 0. The molecule has 64 valence electrons. The van der Waals surface area contributed by atoms with Gasteiger partial charge in [-0.05, 0) is 6.07 Å². The van der Waals surface area contributed by atoms with Crippen molar-refractivity contribution < 1.29 is 19.8 Å². The molecule has 1 aromatic heterocycles. The Morgan fingerprint density at radius 3 is 2.17 bits per heavy atom. The topological polar surface area (TPSA) is 101 Å². The molecule has 0 amide bonds. The second kappa shape index (κ2) is 2.82. The molecule has 12 heavy (non-hydrogen) atoms. The molecule has 4 N–H and O–H groups in total. The minimum Gasteiger partial charge on any atom is -0.478 e. The minimum absolute atomic E-state index is 0.0138. The molecule has 0 aliphatic rings. The lowest BCUT2D eigenvalue weighted by molar-refractivity contribution is 0.0696. The van der Waals surface area contributed by atoms with Gasteiger partial charge in [0.25, 0.3) is 0 Å². The van der Waals surface area contributed by atoms with Crippen molar-refractivity contribution in [3.05, 3.63) is 16.5 Å². The average Bonchev–Trinajstić information content (AvgIpc) is 2.30. The highest BCUT2D eigenvalue weighted by Crippen LogP contribution is 2.24. The van der Waals surface area contributed by atoms with E-state index in [1.807, 2.05) is 0 Å². The molecule has 0 atom stereocenters. The Balaban J connectivity index is 3.17. The van der Waals surface area contributed by atoms with Gasteiger partial charge in [-0.3, -0.25) is 0 Å². The van der Waals surface area contributed by atoms with Gasteiger partial charge in [0.1, 0.15) is 9.88 Å². The molecule has 1 rings (SSSR count). The highest BCUT2D eigenvalue weighted by Gasteiger charge is 2.15. The zero-order valence-electron chi connectivity index (χ0n) is 5.77. The first kappa shape index (κ1) is 8.54. The van der Waals surface area contributed by atoms with Crippen molar-refractivity contribution in [3.8, 4) is 0 Å². The lowest BCUT2D eigenvalue weighted by Crippen LogP contribution is -1.97. The fourth-order valence-electron chi connectivity index (χ4n) is 0.678. The van der Waals surface area contributed by atoms with Crippen LogP contribution in [-0.4, -0.2) is 22.2 Å². The van der Waals surface area contributed by atoms with Crippen LogP contribution in [0.2, 0.25) is 0 Å². The molecule has 0 radical (unpaired) electrons. The molecule has 0 aliphatic heterocycles. The van der Waals surface area contributed by atoms with Crippen LogP contribution in [0.3, 0.4) is 0 Å². The van der Waals surface area contributed by atoms with Crippen molar-refractivity contribution in [2.75, 3.05) is 5.73 Å². The summed E-state index contributed by atoms with van der Waals surface area (Å²) in [5.74, 6) is -2.38. The maximum Gasteiger partial charge on any atom is 0.345 e.